The summed E-state index contributed by atoms with van der Waals surface area (Å²) in [4.78, 5) is 45.7. The molecule has 3 amide bonds. The molecule has 12 heteroatoms. The normalized spacial score (nSPS) is 11.9. The maximum absolute atomic E-state index is 12.7. The van der Waals surface area contributed by atoms with Gasteiger partial charge in [-0.2, -0.15) is 8.42 Å². The Morgan fingerprint density at radius 2 is 1.43 bits per heavy atom. The average molecular weight is 584 g/mol. The van der Waals surface area contributed by atoms with Crippen LogP contribution in [0.4, 0.5) is 11.4 Å². The molecule has 0 spiro atoms. The summed E-state index contributed by atoms with van der Waals surface area (Å²) in [7, 11) is -4.70. The number of fused-ring (bicyclic) bond motifs is 1. The van der Waals surface area contributed by atoms with Crippen LogP contribution in [0.3, 0.4) is 0 Å². The number of amides is 3. The fraction of sp³-hybridized carbons (Fsp3) is 0.0667. The molecule has 1 atom stereocenters. The highest BCUT2D eigenvalue weighted by molar-refractivity contribution is 7.86. The van der Waals surface area contributed by atoms with Crippen LogP contribution in [-0.2, 0) is 31.0 Å². The maximum Gasteiger partial charge on any atom is 0.314 e. The molecule has 5 aromatic rings. The number of carbonyl (C=O) groups excluding carboxylic acids is 3. The predicted octanol–water partition coefficient (Wildman–Crippen LogP) is 4.05. The van der Waals surface area contributed by atoms with Crippen molar-refractivity contribution in [2.45, 2.75) is 11.8 Å². The Morgan fingerprint density at radius 3 is 2.14 bits per heavy atom. The van der Waals surface area contributed by atoms with E-state index in [0.29, 0.717) is 28.3 Å². The van der Waals surface area contributed by atoms with Gasteiger partial charge in [0.05, 0.1) is 16.7 Å². The Kier molecular flexibility index (Phi) is 8.09. The van der Waals surface area contributed by atoms with Gasteiger partial charge >= 0.3 is 11.8 Å². The summed E-state index contributed by atoms with van der Waals surface area (Å²) in [6.07, 6.45) is 0. The molecule has 212 valence electrons. The van der Waals surface area contributed by atoms with Crippen molar-refractivity contribution in [1.29, 1.82) is 0 Å². The van der Waals surface area contributed by atoms with Gasteiger partial charge in [0.1, 0.15) is 5.82 Å². The Balaban J connectivity index is 1.20. The summed E-state index contributed by atoms with van der Waals surface area (Å²) in [5.41, 5.74) is 3.68. The van der Waals surface area contributed by atoms with Crippen LogP contribution in [0.1, 0.15) is 16.4 Å². The van der Waals surface area contributed by atoms with E-state index >= 15 is 0 Å². The molecule has 0 bridgehead atoms. The summed E-state index contributed by atoms with van der Waals surface area (Å²) in [5, 5.41) is 5.88. The predicted molar refractivity (Wildman–Crippen MR) is 158 cm³/mol. The van der Waals surface area contributed by atoms with E-state index < -0.39 is 33.1 Å². The van der Waals surface area contributed by atoms with Gasteiger partial charge in [-0.3, -0.25) is 18.9 Å². The van der Waals surface area contributed by atoms with Gasteiger partial charge in [-0.1, -0.05) is 66.7 Å². The van der Waals surface area contributed by atoms with Crippen molar-refractivity contribution in [2.24, 2.45) is 0 Å². The molecule has 0 aliphatic rings. The molecule has 11 nitrogen and oxygen atoms in total. The van der Waals surface area contributed by atoms with Crippen molar-refractivity contribution in [1.82, 2.24) is 15.3 Å². The van der Waals surface area contributed by atoms with Crippen molar-refractivity contribution in [2.75, 3.05) is 10.6 Å². The lowest BCUT2D eigenvalue weighted by Gasteiger charge is -2.15. The van der Waals surface area contributed by atoms with Crippen LogP contribution in [0.2, 0.25) is 0 Å². The molecule has 0 aliphatic heterocycles. The zero-order valence-electron chi connectivity index (χ0n) is 21.9. The quantitative estimate of drug-likeness (QED) is 0.135. The number of benzene rings is 4. The molecular formula is C30H25N5O6S. The summed E-state index contributed by atoms with van der Waals surface area (Å²) in [6, 6.07) is 28.4. The van der Waals surface area contributed by atoms with Gasteiger partial charge in [-0.25, -0.2) is 4.98 Å². The van der Waals surface area contributed by atoms with E-state index in [1.165, 1.54) is 24.3 Å². The molecule has 4 aromatic carbocycles. The number of aromatic nitrogens is 2. The Labute approximate surface area is 240 Å². The number of para-hydroxylation sites is 3. The van der Waals surface area contributed by atoms with Crippen molar-refractivity contribution in [3.63, 3.8) is 0 Å². The monoisotopic (exact) mass is 583 g/mol. The highest BCUT2D eigenvalue weighted by Gasteiger charge is 2.32. The highest BCUT2D eigenvalue weighted by Crippen LogP contribution is 2.27. The van der Waals surface area contributed by atoms with Crippen molar-refractivity contribution in [3.8, 4) is 11.4 Å². The largest absolute Gasteiger partial charge is 0.351 e. The van der Waals surface area contributed by atoms with E-state index in [1.54, 1.807) is 54.6 Å². The number of anilines is 2. The maximum atomic E-state index is 12.7. The first kappa shape index (κ1) is 28.2. The number of H-pyrrole nitrogens is 1. The number of carbonyl (C=O) groups is 3. The van der Waals surface area contributed by atoms with Gasteiger partial charge < -0.3 is 20.9 Å². The van der Waals surface area contributed by atoms with Crippen LogP contribution in [0.5, 0.6) is 0 Å². The second kappa shape index (κ2) is 12.0. The smallest absolute Gasteiger partial charge is 0.314 e. The lowest BCUT2D eigenvalue weighted by molar-refractivity contribution is -0.132. The summed E-state index contributed by atoms with van der Waals surface area (Å²) in [6.45, 7) is -0.0367. The minimum Gasteiger partial charge on any atom is -0.351 e. The Morgan fingerprint density at radius 1 is 0.786 bits per heavy atom. The second-order valence-corrected chi connectivity index (χ2v) is 10.8. The Hall–Kier alpha value is -5.33. The van der Waals surface area contributed by atoms with E-state index in [9.17, 15) is 27.4 Å². The van der Waals surface area contributed by atoms with Crippen LogP contribution in [0.25, 0.3) is 22.4 Å². The number of nitrogens with zero attached hydrogens (tertiary/aromatic N) is 1. The third-order valence-electron chi connectivity index (χ3n) is 6.34. The fourth-order valence-electron chi connectivity index (χ4n) is 4.32. The zero-order chi connectivity index (χ0) is 29.7. The average Bonchev–Trinajstić information content (AvgIpc) is 3.41. The lowest BCUT2D eigenvalue weighted by atomic mass is 10.1. The van der Waals surface area contributed by atoms with Gasteiger partial charge in [-0.05, 0) is 47.5 Å². The van der Waals surface area contributed by atoms with Crippen LogP contribution in [-0.4, -0.2) is 40.7 Å². The van der Waals surface area contributed by atoms with E-state index in [1.807, 2.05) is 24.3 Å². The minimum atomic E-state index is -4.70. The van der Waals surface area contributed by atoms with Gasteiger partial charge in [0.15, 0.2) is 5.25 Å². The number of rotatable bonds is 8. The van der Waals surface area contributed by atoms with Gasteiger partial charge in [0.25, 0.3) is 10.1 Å². The zero-order valence-corrected chi connectivity index (χ0v) is 22.8. The molecule has 5 rings (SSSR count). The molecule has 1 unspecified atom stereocenters. The van der Waals surface area contributed by atoms with Crippen molar-refractivity contribution in [3.05, 3.63) is 114 Å². The first-order valence-electron chi connectivity index (χ1n) is 12.7. The highest BCUT2D eigenvalue weighted by atomic mass is 32.2. The molecule has 42 heavy (non-hydrogen) atoms. The van der Waals surface area contributed by atoms with E-state index in [2.05, 4.69) is 25.9 Å². The van der Waals surface area contributed by atoms with E-state index in [4.69, 9.17) is 0 Å². The molecule has 0 radical (unpaired) electrons. The summed E-state index contributed by atoms with van der Waals surface area (Å²) < 4.78 is 33.3. The number of nitrogens with one attached hydrogen (secondary N) is 4. The molecular weight excluding hydrogens is 558 g/mol. The van der Waals surface area contributed by atoms with Crippen LogP contribution in [0, 0.1) is 0 Å². The van der Waals surface area contributed by atoms with Gasteiger partial charge in [0.2, 0.25) is 5.91 Å². The molecule has 1 aromatic heterocycles. The summed E-state index contributed by atoms with van der Waals surface area (Å²) in [5.74, 6) is -2.12. The molecule has 0 fully saturated rings. The molecule has 0 saturated carbocycles. The van der Waals surface area contributed by atoms with Gasteiger partial charge in [-0.15, -0.1) is 0 Å². The summed E-state index contributed by atoms with van der Waals surface area (Å²) >= 11 is 0. The molecule has 1 heterocycles. The standard InChI is InChI=1S/C30H25N5O6S/c36-28(26(42(39,40)41)20-8-2-1-3-9-20)31-18-19-14-16-21(17-15-19)32-29(37)30(38)35-23-11-5-4-10-22(23)27-33-24-12-6-7-13-25(24)34-27/h1-17,26H,18H2,(H,31,36)(H,32,37)(H,33,34)(H,35,38)(H,39,40,41). The first-order valence-corrected chi connectivity index (χ1v) is 14.2. The second-order valence-electron chi connectivity index (χ2n) is 9.28. The first-order chi connectivity index (χ1) is 20.2. The molecule has 5 N–H and O–H groups in total. The SMILES string of the molecule is O=C(Nc1ccc(CNC(=O)C(c2ccccc2)S(=O)(=O)O)cc1)C(=O)Nc1ccccc1-c1nc2ccccc2[nH]1. The molecule has 0 saturated heterocycles. The van der Waals surface area contributed by atoms with Crippen LogP contribution < -0.4 is 16.0 Å². The third-order valence-corrected chi connectivity index (χ3v) is 7.42. The topological polar surface area (TPSA) is 170 Å². The van der Waals surface area contributed by atoms with Crippen molar-refractivity contribution < 1.29 is 27.4 Å². The van der Waals surface area contributed by atoms with Gasteiger partial charge in [0, 0.05) is 17.8 Å². The molecule has 0 aliphatic carbocycles. The number of aromatic amines is 1. The Bertz CT molecular complexity index is 1840. The van der Waals surface area contributed by atoms with E-state index in [-0.39, 0.29) is 12.1 Å². The van der Waals surface area contributed by atoms with Crippen LogP contribution >= 0.6 is 0 Å². The number of hydrogen-bond donors (Lipinski definition) is 5. The van der Waals surface area contributed by atoms with Crippen LogP contribution in [0.15, 0.2) is 103 Å². The number of hydrogen-bond acceptors (Lipinski definition) is 6. The van der Waals surface area contributed by atoms with E-state index in [0.717, 1.165) is 11.0 Å². The minimum absolute atomic E-state index is 0.0367. The fourth-order valence-corrected chi connectivity index (χ4v) is 5.18. The third kappa shape index (κ3) is 6.52. The van der Waals surface area contributed by atoms with Crippen molar-refractivity contribution >= 4 is 50.2 Å². The number of imidazole rings is 1. The lowest BCUT2D eigenvalue weighted by Crippen LogP contribution is -2.33.